The second-order valence-corrected chi connectivity index (χ2v) is 0.0945. The first-order chi connectivity index (χ1) is 1.41. The van der Waals surface area contributed by atoms with Crippen LogP contribution in [0.4, 0.5) is 4.39 Å². The van der Waals surface area contributed by atoms with E-state index in [2.05, 4.69) is 0 Å². The average Bonchev–Trinajstić information content (AvgIpc) is 0.918. The van der Waals surface area contributed by atoms with Gasteiger partial charge in [0.05, 0.1) is 0 Å². The molecule has 0 N–H and O–H groups in total. The molecule has 0 saturated carbocycles. The Balaban J connectivity index is 0. The summed E-state index contributed by atoms with van der Waals surface area (Å²) in [7, 11) is 0. The van der Waals surface area contributed by atoms with Gasteiger partial charge in [-0.05, 0) is 0 Å². The molecule has 0 fully saturated rings. The molecule has 0 saturated heterocycles. The van der Waals surface area contributed by atoms with Crippen molar-refractivity contribution in [2.24, 2.45) is 0 Å². The summed E-state index contributed by atoms with van der Waals surface area (Å²) in [5.41, 5.74) is 0. The molecule has 0 spiro atoms. The van der Waals surface area contributed by atoms with Crippen molar-refractivity contribution < 1.29 is 33.9 Å². The van der Waals surface area contributed by atoms with Gasteiger partial charge in [-0.1, -0.05) is 0 Å². The maximum atomic E-state index is 9.71. The predicted octanol–water partition coefficient (Wildman–Crippen LogP) is -2.49. The van der Waals surface area contributed by atoms with Crippen LogP contribution in [0, 0.1) is 12.6 Å². The standard InChI is InChI=1S/C2F.Na/c1-2-3;/q-1;+1. The van der Waals surface area contributed by atoms with Crippen molar-refractivity contribution in [3.05, 3.63) is 6.42 Å². The van der Waals surface area contributed by atoms with Crippen molar-refractivity contribution in [2.45, 2.75) is 0 Å². The molecule has 0 aliphatic carbocycles. The van der Waals surface area contributed by atoms with Gasteiger partial charge in [0.15, 0.2) is 0 Å². The summed E-state index contributed by atoms with van der Waals surface area (Å²) in [6.07, 6.45) is 5.79. The van der Waals surface area contributed by atoms with E-state index in [1.165, 1.54) is 0 Å². The molecule has 0 unspecified atom stereocenters. The van der Waals surface area contributed by atoms with Crippen LogP contribution in [0.25, 0.3) is 0 Å². The van der Waals surface area contributed by atoms with Crippen LogP contribution < -0.4 is 29.6 Å². The van der Waals surface area contributed by atoms with E-state index in [4.69, 9.17) is 6.42 Å². The summed E-state index contributed by atoms with van der Waals surface area (Å²) in [4.78, 5) is 0. The number of hydrogen-bond donors (Lipinski definition) is 0. The van der Waals surface area contributed by atoms with E-state index in [-0.39, 0.29) is 29.6 Å². The number of halogens is 1. The van der Waals surface area contributed by atoms with Gasteiger partial charge in [-0.3, -0.25) is 0 Å². The molecule has 0 aromatic rings. The zero-order chi connectivity index (χ0) is 2.71. The summed E-state index contributed by atoms with van der Waals surface area (Å²) < 4.78 is 9.71. The Morgan fingerprint density at radius 3 is 1.75 bits per heavy atom. The van der Waals surface area contributed by atoms with Gasteiger partial charge >= 0.3 is 29.6 Å². The Kier molecular flexibility index (Phi) is 21.5. The third-order valence-electron chi connectivity index (χ3n) is 0. The minimum Gasteiger partial charge on any atom is -0.656 e. The topological polar surface area (TPSA) is 0 Å². The molecule has 4 heavy (non-hydrogen) atoms. The van der Waals surface area contributed by atoms with Gasteiger partial charge in [0.2, 0.25) is 0 Å². The molecule has 0 atom stereocenters. The number of rotatable bonds is 0. The van der Waals surface area contributed by atoms with Gasteiger partial charge in [-0.15, -0.1) is 0 Å². The van der Waals surface area contributed by atoms with Crippen LogP contribution in [-0.4, -0.2) is 0 Å². The van der Waals surface area contributed by atoms with E-state index in [9.17, 15) is 4.39 Å². The number of hydrogen-bond acceptors (Lipinski definition) is 0. The molecule has 0 aliphatic heterocycles. The molecule has 0 nitrogen and oxygen atoms in total. The maximum Gasteiger partial charge on any atom is 1.00 e. The molecule has 2 heteroatoms. The summed E-state index contributed by atoms with van der Waals surface area (Å²) in [6.45, 7) is 0. The van der Waals surface area contributed by atoms with E-state index in [1.54, 1.807) is 0 Å². The van der Waals surface area contributed by atoms with Crippen molar-refractivity contribution in [2.75, 3.05) is 0 Å². The Morgan fingerprint density at radius 2 is 1.75 bits per heavy atom. The van der Waals surface area contributed by atoms with Crippen LogP contribution in [0.15, 0.2) is 0 Å². The summed E-state index contributed by atoms with van der Waals surface area (Å²) >= 11 is 0. The third kappa shape index (κ3) is 23.0. The molecule has 0 aromatic carbocycles. The van der Waals surface area contributed by atoms with Crippen LogP contribution in [-0.2, 0) is 0 Å². The first-order valence-corrected chi connectivity index (χ1v) is 0.439. The Labute approximate surface area is 46.7 Å². The third-order valence-corrected chi connectivity index (χ3v) is 0. The quantitative estimate of drug-likeness (QED) is 0.167. The molecular formula is C2FNa. The SMILES string of the molecule is [C-]#CF.[Na+]. The average molecular weight is 66.0 g/mol. The van der Waals surface area contributed by atoms with Crippen LogP contribution in [0.1, 0.15) is 0 Å². The molecule has 0 bridgehead atoms. The molecule has 0 amide bonds. The Morgan fingerprint density at radius 1 is 1.75 bits per heavy atom. The fourth-order valence-corrected chi connectivity index (χ4v) is 0. The van der Waals surface area contributed by atoms with E-state index < -0.39 is 0 Å². The van der Waals surface area contributed by atoms with E-state index in [1.807, 2.05) is 0 Å². The molecule has 0 aromatic heterocycles. The van der Waals surface area contributed by atoms with Gasteiger partial charge in [0.1, 0.15) is 0 Å². The minimum absolute atomic E-state index is 0. The van der Waals surface area contributed by atoms with Crippen molar-refractivity contribution in [1.29, 1.82) is 0 Å². The molecule has 0 radical (unpaired) electrons. The molecule has 16 valence electrons. The molecule has 0 aliphatic rings. The van der Waals surface area contributed by atoms with Crippen LogP contribution in [0.2, 0.25) is 0 Å². The zero-order valence-electron chi connectivity index (χ0n) is 2.38. The van der Waals surface area contributed by atoms with Gasteiger partial charge in [-0.2, -0.15) is 10.6 Å². The van der Waals surface area contributed by atoms with Crippen LogP contribution >= 0.6 is 0 Å². The fraction of sp³-hybridized carbons (Fsp3) is 0. The molecule has 0 heterocycles. The van der Waals surface area contributed by atoms with Crippen molar-refractivity contribution >= 4 is 0 Å². The normalized spacial score (nSPS) is 2.00. The maximum absolute atomic E-state index is 9.71. The van der Waals surface area contributed by atoms with Crippen LogP contribution in [0.3, 0.4) is 0 Å². The van der Waals surface area contributed by atoms with Crippen molar-refractivity contribution in [3.8, 4) is 6.17 Å². The predicted molar refractivity (Wildman–Crippen MR) is 8.24 cm³/mol. The minimum atomic E-state index is 0. The Hall–Kier alpha value is 0.490. The second-order valence-electron chi connectivity index (χ2n) is 0.0945. The smallest absolute Gasteiger partial charge is 0.656 e. The zero-order valence-corrected chi connectivity index (χ0v) is 4.38. The van der Waals surface area contributed by atoms with Gasteiger partial charge in [0.25, 0.3) is 0 Å². The van der Waals surface area contributed by atoms with Gasteiger partial charge in [-0.25, -0.2) is 0 Å². The summed E-state index contributed by atoms with van der Waals surface area (Å²) in [6, 6.07) is 0. The largest absolute Gasteiger partial charge is 1.00 e. The summed E-state index contributed by atoms with van der Waals surface area (Å²) in [5, 5.41) is 0. The Bertz CT molecular complexity index is 27.5. The van der Waals surface area contributed by atoms with E-state index >= 15 is 0 Å². The van der Waals surface area contributed by atoms with Crippen LogP contribution in [0.5, 0.6) is 0 Å². The second kappa shape index (κ2) is 9.75. The van der Waals surface area contributed by atoms with E-state index in [0.717, 1.165) is 0 Å². The first kappa shape index (κ1) is 8.82. The van der Waals surface area contributed by atoms with Gasteiger partial charge < -0.3 is 6.42 Å². The molecule has 0 rings (SSSR count). The van der Waals surface area contributed by atoms with Crippen molar-refractivity contribution in [3.63, 3.8) is 0 Å². The summed E-state index contributed by atoms with van der Waals surface area (Å²) in [5.74, 6) is 0. The first-order valence-electron chi connectivity index (χ1n) is 0.439. The van der Waals surface area contributed by atoms with Crippen molar-refractivity contribution in [1.82, 2.24) is 0 Å². The monoisotopic (exact) mass is 66.0 g/mol. The molecular weight excluding hydrogens is 66.0 g/mol. The van der Waals surface area contributed by atoms with Gasteiger partial charge in [0, 0.05) is 0 Å². The fourth-order valence-electron chi connectivity index (χ4n) is 0. The van der Waals surface area contributed by atoms with E-state index in [0.29, 0.717) is 6.17 Å².